The molecule has 0 aliphatic rings. The number of unbranched alkanes of at least 4 members (excludes halogenated alkanes) is 1. The van der Waals surface area contributed by atoms with Gasteiger partial charge in [-0.3, -0.25) is 9.59 Å². The van der Waals surface area contributed by atoms with Crippen LogP contribution in [-0.4, -0.2) is 35.2 Å². The van der Waals surface area contributed by atoms with E-state index in [4.69, 9.17) is 5.11 Å². The van der Waals surface area contributed by atoms with Gasteiger partial charge < -0.3 is 9.84 Å². The van der Waals surface area contributed by atoms with Gasteiger partial charge in [0.15, 0.2) is 0 Å². The molecule has 0 saturated carbocycles. The summed E-state index contributed by atoms with van der Waals surface area (Å²) in [5.41, 5.74) is 0. The average molecular weight is 260 g/mol. The van der Waals surface area contributed by atoms with Crippen molar-refractivity contribution in [3.63, 3.8) is 0 Å². The van der Waals surface area contributed by atoms with Gasteiger partial charge in [-0.15, -0.1) is 0 Å². The molecule has 0 bridgehead atoms. The molecule has 6 nitrogen and oxygen atoms in total. The third-order valence-corrected chi connectivity index (χ3v) is 1.72. The first-order valence-electron chi connectivity index (χ1n) is 5.80. The number of aliphatic carboxylic acids is 1. The number of ketones is 2. The maximum atomic E-state index is 10.9. The normalized spacial score (nSPS) is 8.83. The summed E-state index contributed by atoms with van der Waals surface area (Å²) in [6.07, 6.45) is 2.76. The molecular weight excluding hydrogens is 240 g/mol. The summed E-state index contributed by atoms with van der Waals surface area (Å²) in [6, 6.07) is 0. The second-order valence-corrected chi connectivity index (χ2v) is 3.52. The fourth-order valence-corrected chi connectivity index (χ4v) is 0.715. The van der Waals surface area contributed by atoms with E-state index >= 15 is 0 Å². The van der Waals surface area contributed by atoms with E-state index in [1.54, 1.807) is 0 Å². The van der Waals surface area contributed by atoms with Crippen LogP contribution in [0.1, 0.15) is 46.5 Å². The van der Waals surface area contributed by atoms with E-state index in [0.717, 1.165) is 26.2 Å². The number of carboxylic acids is 1. The van der Waals surface area contributed by atoms with Crippen LogP contribution in [0.15, 0.2) is 0 Å². The van der Waals surface area contributed by atoms with E-state index in [2.05, 4.69) is 4.74 Å². The monoisotopic (exact) mass is 260 g/mol. The summed E-state index contributed by atoms with van der Waals surface area (Å²) >= 11 is 0. The van der Waals surface area contributed by atoms with E-state index in [1.165, 1.54) is 0 Å². The number of ether oxygens (including phenoxy) is 1. The minimum Gasteiger partial charge on any atom is -0.476 e. The summed E-state index contributed by atoms with van der Waals surface area (Å²) in [6.45, 7) is 5.22. The van der Waals surface area contributed by atoms with Gasteiger partial charge in [0.2, 0.25) is 11.6 Å². The lowest BCUT2D eigenvalue weighted by Gasteiger charge is -2.00. The smallest absolute Gasteiger partial charge is 0.374 e. The molecule has 0 atom stereocenters. The lowest BCUT2D eigenvalue weighted by atomic mass is 10.2. The van der Waals surface area contributed by atoms with Gasteiger partial charge in [-0.2, -0.15) is 0 Å². The number of rotatable bonds is 7. The Morgan fingerprint density at radius 3 is 1.89 bits per heavy atom. The quantitative estimate of drug-likeness (QED) is 0.548. The minimum atomic E-state index is -1.38. The Kier molecular flexibility index (Phi) is 12.2. The molecule has 0 heterocycles. The third kappa shape index (κ3) is 12.4. The number of carboxylic acid groups (broad SMARTS) is 1. The van der Waals surface area contributed by atoms with Crippen molar-refractivity contribution in [3.05, 3.63) is 0 Å². The van der Waals surface area contributed by atoms with Crippen molar-refractivity contribution >= 4 is 23.5 Å². The fraction of sp³-hybridized carbons (Fsp3) is 0.667. The summed E-state index contributed by atoms with van der Waals surface area (Å²) < 4.78 is 4.66. The van der Waals surface area contributed by atoms with Gasteiger partial charge in [-0.25, -0.2) is 9.59 Å². The highest BCUT2D eigenvalue weighted by Crippen LogP contribution is 1.97. The minimum absolute atomic E-state index is 0.318. The largest absolute Gasteiger partial charge is 0.476 e. The number of esters is 1. The molecular formula is C12H20O6. The molecule has 0 amide bonds. The molecule has 0 aromatic rings. The van der Waals surface area contributed by atoms with E-state index < -0.39 is 23.5 Å². The Morgan fingerprint density at radius 1 is 1.06 bits per heavy atom. The zero-order chi connectivity index (χ0) is 14.6. The molecule has 0 unspecified atom stereocenters. The fourth-order valence-electron chi connectivity index (χ4n) is 0.715. The number of Topliss-reactive ketones (excluding diaryl/α,β-unsaturated/α-hetero) is 2. The molecule has 0 aliphatic heterocycles. The summed E-state index contributed by atoms with van der Waals surface area (Å²) in [5, 5.41) is 7.64. The van der Waals surface area contributed by atoms with Crippen molar-refractivity contribution in [1.29, 1.82) is 0 Å². The summed E-state index contributed by atoms with van der Waals surface area (Å²) in [4.78, 5) is 40.7. The van der Waals surface area contributed by atoms with Gasteiger partial charge in [0.25, 0.3) is 0 Å². The van der Waals surface area contributed by atoms with Gasteiger partial charge in [0, 0.05) is 13.3 Å². The lowest BCUT2D eigenvalue weighted by Crippen LogP contribution is -2.17. The highest BCUT2D eigenvalue weighted by Gasteiger charge is 2.13. The highest BCUT2D eigenvalue weighted by atomic mass is 16.5. The van der Waals surface area contributed by atoms with Crippen LogP contribution in [0.2, 0.25) is 0 Å². The van der Waals surface area contributed by atoms with E-state index in [0.29, 0.717) is 13.0 Å². The van der Waals surface area contributed by atoms with Crippen LogP contribution in [0, 0.1) is 0 Å². The highest BCUT2D eigenvalue weighted by molar-refractivity contribution is 6.33. The maximum absolute atomic E-state index is 10.9. The van der Waals surface area contributed by atoms with Gasteiger partial charge >= 0.3 is 11.9 Å². The van der Waals surface area contributed by atoms with Crippen LogP contribution in [0.4, 0.5) is 0 Å². The van der Waals surface area contributed by atoms with Crippen molar-refractivity contribution in [2.75, 3.05) is 6.61 Å². The Balaban J connectivity index is 0. The molecule has 18 heavy (non-hydrogen) atoms. The molecule has 1 N–H and O–H groups in total. The maximum Gasteiger partial charge on any atom is 0.374 e. The molecule has 0 aromatic carbocycles. The zero-order valence-electron chi connectivity index (χ0n) is 11.0. The van der Waals surface area contributed by atoms with Crippen LogP contribution in [0.3, 0.4) is 0 Å². The van der Waals surface area contributed by atoms with Gasteiger partial charge in [0.1, 0.15) is 0 Å². The zero-order valence-corrected chi connectivity index (χ0v) is 11.0. The van der Waals surface area contributed by atoms with Gasteiger partial charge in [-0.05, 0) is 12.8 Å². The first-order chi connectivity index (χ1) is 8.36. The number of hydrogen-bond donors (Lipinski definition) is 1. The molecule has 0 aliphatic carbocycles. The van der Waals surface area contributed by atoms with Crippen molar-refractivity contribution in [2.24, 2.45) is 0 Å². The Labute approximate surface area is 106 Å². The lowest BCUT2D eigenvalue weighted by molar-refractivity contribution is -0.153. The van der Waals surface area contributed by atoms with E-state index in [1.807, 2.05) is 13.8 Å². The van der Waals surface area contributed by atoms with Gasteiger partial charge in [0.05, 0.1) is 6.61 Å². The predicted molar refractivity (Wildman–Crippen MR) is 64.1 cm³/mol. The first-order valence-corrected chi connectivity index (χ1v) is 5.80. The average Bonchev–Trinajstić information content (AvgIpc) is 2.33. The second-order valence-electron chi connectivity index (χ2n) is 3.52. The van der Waals surface area contributed by atoms with Crippen LogP contribution in [0.5, 0.6) is 0 Å². The number of carbonyl (C=O) groups excluding carboxylic acids is 3. The Bertz CT molecular complexity index is 265. The van der Waals surface area contributed by atoms with Crippen molar-refractivity contribution < 1.29 is 29.0 Å². The second kappa shape index (κ2) is 11.8. The molecule has 0 spiro atoms. The first kappa shape index (κ1) is 18.6. The number of carbonyl (C=O) groups is 4. The molecule has 6 heteroatoms. The molecule has 0 aromatic heterocycles. The Morgan fingerprint density at radius 2 is 1.56 bits per heavy atom. The van der Waals surface area contributed by atoms with Crippen LogP contribution >= 0.6 is 0 Å². The summed E-state index contributed by atoms with van der Waals surface area (Å²) in [7, 11) is 0. The SMILES string of the molecule is CC(=O)C(=O)O.CCCCC(=O)C(=O)OCCC. The topological polar surface area (TPSA) is 97.7 Å². The van der Waals surface area contributed by atoms with Crippen molar-refractivity contribution in [2.45, 2.75) is 46.5 Å². The molecule has 0 fully saturated rings. The molecule has 0 rings (SSSR count). The molecule has 0 saturated heterocycles. The van der Waals surface area contributed by atoms with Crippen LogP contribution in [-0.2, 0) is 23.9 Å². The molecule has 104 valence electrons. The van der Waals surface area contributed by atoms with Gasteiger partial charge in [-0.1, -0.05) is 20.3 Å². The van der Waals surface area contributed by atoms with E-state index in [9.17, 15) is 19.2 Å². The molecule has 0 radical (unpaired) electrons. The van der Waals surface area contributed by atoms with E-state index in [-0.39, 0.29) is 0 Å². The number of hydrogen-bond acceptors (Lipinski definition) is 5. The van der Waals surface area contributed by atoms with Crippen molar-refractivity contribution in [3.8, 4) is 0 Å². The van der Waals surface area contributed by atoms with Crippen molar-refractivity contribution in [1.82, 2.24) is 0 Å². The standard InChI is InChI=1S/C9H16O3.C3H4O3/c1-3-5-6-8(10)9(11)12-7-4-2;1-2(4)3(5)6/h3-7H2,1-2H3;1H3,(H,5,6). The predicted octanol–water partition coefficient (Wildman–Crippen LogP) is 1.36. The third-order valence-electron chi connectivity index (χ3n) is 1.72. The van der Waals surface area contributed by atoms with Crippen LogP contribution in [0.25, 0.3) is 0 Å². The Hall–Kier alpha value is -1.72. The van der Waals surface area contributed by atoms with Crippen LogP contribution < -0.4 is 0 Å². The summed E-state index contributed by atoms with van der Waals surface area (Å²) in [5.74, 6) is -3.28.